The van der Waals surface area contributed by atoms with Gasteiger partial charge in [0.1, 0.15) is 6.10 Å². The van der Waals surface area contributed by atoms with E-state index in [1.165, 1.54) is 11.8 Å². The number of hydrogen-bond donors (Lipinski definition) is 1. The maximum atomic E-state index is 10.5. The van der Waals surface area contributed by atoms with Gasteiger partial charge in [-0.25, -0.2) is 0 Å². The fourth-order valence-corrected chi connectivity index (χ4v) is 1.48. The third kappa shape index (κ3) is 0.605. The van der Waals surface area contributed by atoms with E-state index in [1.807, 2.05) is 0 Å². The second-order valence-corrected chi connectivity index (χ2v) is 2.83. The van der Waals surface area contributed by atoms with Gasteiger partial charge in [0.25, 0.3) is 5.24 Å². The summed E-state index contributed by atoms with van der Waals surface area (Å²) in [7, 11) is 0. The van der Waals surface area contributed by atoms with Gasteiger partial charge in [0.2, 0.25) is 0 Å². The molecule has 0 aromatic rings. The average molecular weight is 131 g/mol. The highest BCUT2D eigenvalue weighted by molar-refractivity contribution is 8.13. The summed E-state index contributed by atoms with van der Waals surface area (Å²) in [4.78, 5) is 10.5. The lowest BCUT2D eigenvalue weighted by atomic mass is 10.5. The van der Waals surface area contributed by atoms with Crippen LogP contribution in [0.2, 0.25) is 0 Å². The fourth-order valence-electron chi connectivity index (χ4n) is 0.712. The zero-order valence-electron chi connectivity index (χ0n) is 4.09. The first-order valence-electron chi connectivity index (χ1n) is 2.45. The van der Waals surface area contributed by atoms with Crippen molar-refractivity contribution in [3.05, 3.63) is 0 Å². The van der Waals surface area contributed by atoms with E-state index in [9.17, 15) is 4.79 Å². The molecule has 1 N–H and O–H groups in total. The molecule has 44 valence electrons. The third-order valence-electron chi connectivity index (χ3n) is 1.22. The molecule has 1 amide bonds. The summed E-state index contributed by atoms with van der Waals surface area (Å²) < 4.78 is 5.00. The van der Waals surface area contributed by atoms with Crippen molar-refractivity contribution in [1.29, 1.82) is 0 Å². The summed E-state index contributed by atoms with van der Waals surface area (Å²) >= 11 is 1.29. The monoisotopic (exact) mass is 131 g/mol. The van der Waals surface area contributed by atoms with Gasteiger partial charge < -0.3 is 10.1 Å². The molecule has 0 saturated carbocycles. The van der Waals surface area contributed by atoms with Crippen LogP contribution in [0.25, 0.3) is 0 Å². The number of ether oxygens (including phenoxy) is 1. The summed E-state index contributed by atoms with van der Waals surface area (Å²) in [5, 5.41) is 2.70. The molecule has 0 radical (unpaired) electrons. The predicted molar refractivity (Wildman–Crippen MR) is 29.7 cm³/mol. The van der Waals surface area contributed by atoms with Gasteiger partial charge in [-0.05, 0) is 0 Å². The molecule has 2 fully saturated rings. The van der Waals surface area contributed by atoms with Crippen LogP contribution in [-0.2, 0) is 4.74 Å². The standard InChI is InChI=1S/C4H5NO2S/c6-4-5-3-2(7-3)1-8-4/h2-3H,1H2,(H,5,6). The lowest BCUT2D eigenvalue weighted by Crippen LogP contribution is -2.29. The van der Waals surface area contributed by atoms with Crippen LogP contribution in [0.4, 0.5) is 4.79 Å². The molecular formula is C4H5NO2S. The van der Waals surface area contributed by atoms with Gasteiger partial charge in [-0.2, -0.15) is 0 Å². The Bertz CT molecular complexity index is 138. The number of thioether (sulfide) groups is 1. The molecule has 4 heteroatoms. The number of nitrogens with one attached hydrogen (secondary N) is 1. The third-order valence-corrected chi connectivity index (χ3v) is 2.10. The van der Waals surface area contributed by atoms with E-state index in [1.54, 1.807) is 0 Å². The summed E-state index contributed by atoms with van der Waals surface area (Å²) in [6.07, 6.45) is 0.376. The lowest BCUT2D eigenvalue weighted by Gasteiger charge is -2.03. The van der Waals surface area contributed by atoms with E-state index >= 15 is 0 Å². The van der Waals surface area contributed by atoms with Crippen LogP contribution in [0.3, 0.4) is 0 Å². The van der Waals surface area contributed by atoms with Gasteiger partial charge in [-0.3, -0.25) is 4.79 Å². The highest BCUT2D eigenvalue weighted by Crippen LogP contribution is 2.28. The van der Waals surface area contributed by atoms with Crippen molar-refractivity contribution in [3.8, 4) is 0 Å². The van der Waals surface area contributed by atoms with Crippen LogP contribution in [0.15, 0.2) is 0 Å². The summed E-state index contributed by atoms with van der Waals surface area (Å²) in [5.74, 6) is 0.830. The van der Waals surface area contributed by atoms with E-state index in [0.29, 0.717) is 6.10 Å². The zero-order valence-corrected chi connectivity index (χ0v) is 4.90. The molecule has 8 heavy (non-hydrogen) atoms. The zero-order chi connectivity index (χ0) is 5.56. The Kier molecular flexibility index (Phi) is 0.804. The van der Waals surface area contributed by atoms with Crippen molar-refractivity contribution in [1.82, 2.24) is 5.32 Å². The van der Waals surface area contributed by atoms with E-state index in [0.717, 1.165) is 5.75 Å². The lowest BCUT2D eigenvalue weighted by molar-refractivity contribution is 0.255. The molecule has 2 heterocycles. The van der Waals surface area contributed by atoms with E-state index in [2.05, 4.69) is 5.32 Å². The first-order valence-corrected chi connectivity index (χ1v) is 3.43. The summed E-state index contributed by atoms with van der Waals surface area (Å²) in [6.45, 7) is 0. The van der Waals surface area contributed by atoms with Crippen LogP contribution in [0.5, 0.6) is 0 Å². The number of fused-ring (bicyclic) bond motifs is 1. The van der Waals surface area contributed by atoms with Crippen LogP contribution in [0.1, 0.15) is 0 Å². The molecular weight excluding hydrogens is 126 g/mol. The molecule has 2 aliphatic rings. The van der Waals surface area contributed by atoms with Crippen molar-refractivity contribution >= 4 is 17.0 Å². The summed E-state index contributed by atoms with van der Waals surface area (Å²) in [6, 6.07) is 0. The molecule has 2 atom stereocenters. The minimum absolute atomic E-state index is 0.0451. The van der Waals surface area contributed by atoms with Crippen molar-refractivity contribution < 1.29 is 9.53 Å². The Balaban J connectivity index is 2.02. The molecule has 3 nitrogen and oxygen atoms in total. The molecule has 0 aromatic heterocycles. The molecule has 2 aliphatic heterocycles. The number of amides is 1. The Morgan fingerprint density at radius 2 is 2.75 bits per heavy atom. The van der Waals surface area contributed by atoms with Crippen LogP contribution < -0.4 is 5.32 Å². The van der Waals surface area contributed by atoms with Crippen molar-refractivity contribution in [2.75, 3.05) is 5.75 Å². The van der Waals surface area contributed by atoms with Crippen molar-refractivity contribution in [2.24, 2.45) is 0 Å². The molecule has 0 bridgehead atoms. The van der Waals surface area contributed by atoms with Crippen molar-refractivity contribution in [2.45, 2.75) is 12.3 Å². The predicted octanol–water partition coefficient (Wildman–Crippen LogP) is 0.168. The number of epoxide rings is 1. The van der Waals surface area contributed by atoms with Gasteiger partial charge in [0.15, 0.2) is 6.23 Å². The number of carbonyl (C=O) groups excluding carboxylic acids is 1. The highest BCUT2D eigenvalue weighted by atomic mass is 32.2. The van der Waals surface area contributed by atoms with Gasteiger partial charge in [-0.1, -0.05) is 11.8 Å². The normalized spacial score (nSPS) is 42.8. The highest BCUT2D eigenvalue weighted by Gasteiger charge is 2.43. The minimum atomic E-state index is 0.0451. The second kappa shape index (κ2) is 1.39. The molecule has 2 rings (SSSR count). The molecule has 2 unspecified atom stereocenters. The van der Waals surface area contributed by atoms with Gasteiger partial charge in [0, 0.05) is 5.75 Å². The van der Waals surface area contributed by atoms with Crippen LogP contribution in [0, 0.1) is 0 Å². The average Bonchev–Trinajstić information content (AvgIpc) is 2.43. The Hall–Kier alpha value is -0.220. The first-order chi connectivity index (χ1) is 3.86. The number of carbonyl (C=O) groups is 1. The van der Waals surface area contributed by atoms with E-state index < -0.39 is 0 Å². The second-order valence-electron chi connectivity index (χ2n) is 1.84. The van der Waals surface area contributed by atoms with E-state index in [4.69, 9.17) is 4.74 Å². The fraction of sp³-hybridized carbons (Fsp3) is 0.750. The van der Waals surface area contributed by atoms with Crippen molar-refractivity contribution in [3.63, 3.8) is 0 Å². The molecule has 0 aromatic carbocycles. The summed E-state index contributed by atoms with van der Waals surface area (Å²) in [5.41, 5.74) is 0. The number of rotatable bonds is 0. The number of hydrogen-bond acceptors (Lipinski definition) is 3. The maximum absolute atomic E-state index is 10.5. The topological polar surface area (TPSA) is 41.6 Å². The Morgan fingerprint density at radius 1 is 1.88 bits per heavy atom. The van der Waals surface area contributed by atoms with Gasteiger partial charge in [0.05, 0.1) is 0 Å². The smallest absolute Gasteiger partial charge is 0.281 e. The van der Waals surface area contributed by atoms with Crippen LogP contribution in [-0.4, -0.2) is 23.3 Å². The molecule has 0 spiro atoms. The maximum Gasteiger partial charge on any atom is 0.281 e. The Labute approximate surface area is 50.8 Å². The Morgan fingerprint density at radius 3 is 3.38 bits per heavy atom. The molecule has 2 saturated heterocycles. The minimum Gasteiger partial charge on any atom is -0.347 e. The largest absolute Gasteiger partial charge is 0.347 e. The molecule has 0 aliphatic carbocycles. The SMILES string of the molecule is O=C1NC2OC2CS1. The quantitative estimate of drug-likeness (QED) is 0.476. The first kappa shape index (κ1) is 4.64. The van der Waals surface area contributed by atoms with E-state index in [-0.39, 0.29) is 11.5 Å². The van der Waals surface area contributed by atoms with Gasteiger partial charge in [-0.15, -0.1) is 0 Å². The van der Waals surface area contributed by atoms with Gasteiger partial charge >= 0.3 is 0 Å². The van der Waals surface area contributed by atoms with Crippen LogP contribution >= 0.6 is 11.8 Å².